The second-order valence-corrected chi connectivity index (χ2v) is 11.4. The average Bonchev–Trinajstić information content (AvgIpc) is 2.80. The van der Waals surface area contributed by atoms with Gasteiger partial charge in [-0.25, -0.2) is 0 Å². The van der Waals surface area contributed by atoms with Crippen LogP contribution >= 0.6 is 0 Å². The van der Waals surface area contributed by atoms with Gasteiger partial charge in [0.25, 0.3) is 0 Å². The highest BCUT2D eigenvalue weighted by Gasteiger charge is 2.61. The first-order valence-electron chi connectivity index (χ1n) is 10.5. The summed E-state index contributed by atoms with van der Waals surface area (Å²) in [4.78, 5) is 2.37. The summed E-state index contributed by atoms with van der Waals surface area (Å²) in [6, 6.07) is 0. The summed E-state index contributed by atoms with van der Waals surface area (Å²) in [5.41, 5.74) is 0.339. The molecule has 1 aliphatic heterocycles. The lowest BCUT2D eigenvalue weighted by Crippen LogP contribution is -2.63. The van der Waals surface area contributed by atoms with Crippen molar-refractivity contribution in [3.8, 4) is 0 Å². The zero-order chi connectivity index (χ0) is 19.5. The number of hydrogen-bond acceptors (Lipinski definition) is 4. The molecule has 0 aromatic carbocycles. The Hall–Kier alpha value is -0.160. The lowest BCUT2D eigenvalue weighted by Gasteiger charge is -2.55. The molecule has 3 rings (SSSR count). The standard InChI is InChI=1S/C22H41NO3/c1-19(2)11-16(24)12-20(3,4)23(19)13-17(25)14-26-18-10-15-8-9-22(18,7)21(15,5)6/h15-18,24-25H,8-14H2,1-7H3/t15-,17-,18+,22-/m1/s1. The predicted molar refractivity (Wildman–Crippen MR) is 105 cm³/mol. The number of fused-ring (bicyclic) bond motifs is 2. The first-order valence-corrected chi connectivity index (χ1v) is 10.5. The Kier molecular flexibility index (Phi) is 5.09. The summed E-state index contributed by atoms with van der Waals surface area (Å²) in [7, 11) is 0. The van der Waals surface area contributed by atoms with Crippen molar-refractivity contribution < 1.29 is 14.9 Å². The van der Waals surface area contributed by atoms with Crippen molar-refractivity contribution >= 4 is 0 Å². The van der Waals surface area contributed by atoms with Crippen molar-refractivity contribution in [3.05, 3.63) is 0 Å². The highest BCUT2D eigenvalue weighted by Crippen LogP contribution is 2.66. The molecule has 0 radical (unpaired) electrons. The van der Waals surface area contributed by atoms with E-state index in [0.717, 1.165) is 25.2 Å². The molecule has 152 valence electrons. The van der Waals surface area contributed by atoms with Gasteiger partial charge in [-0.1, -0.05) is 20.8 Å². The zero-order valence-corrected chi connectivity index (χ0v) is 18.0. The highest BCUT2D eigenvalue weighted by atomic mass is 16.5. The van der Waals surface area contributed by atoms with Crippen LogP contribution in [0, 0.1) is 16.7 Å². The summed E-state index contributed by atoms with van der Waals surface area (Å²) in [6.07, 6.45) is 4.73. The fourth-order valence-electron chi connectivity index (χ4n) is 6.63. The molecule has 2 aliphatic carbocycles. The van der Waals surface area contributed by atoms with Crippen LogP contribution in [0.15, 0.2) is 0 Å². The van der Waals surface area contributed by atoms with E-state index in [0.29, 0.717) is 18.6 Å². The third-order valence-electron chi connectivity index (χ3n) is 8.53. The number of nitrogens with zero attached hydrogens (tertiary/aromatic N) is 1. The molecular weight excluding hydrogens is 326 g/mol. The molecule has 4 heteroatoms. The lowest BCUT2D eigenvalue weighted by atomic mass is 9.70. The zero-order valence-electron chi connectivity index (χ0n) is 18.0. The van der Waals surface area contributed by atoms with E-state index in [1.54, 1.807) is 0 Å². The minimum absolute atomic E-state index is 0.122. The van der Waals surface area contributed by atoms with Gasteiger partial charge in [-0.05, 0) is 76.5 Å². The number of aliphatic hydroxyl groups is 2. The van der Waals surface area contributed by atoms with E-state index in [9.17, 15) is 10.2 Å². The summed E-state index contributed by atoms with van der Waals surface area (Å²) in [6.45, 7) is 16.9. The minimum Gasteiger partial charge on any atom is -0.393 e. The molecule has 0 aromatic rings. The van der Waals surface area contributed by atoms with Crippen molar-refractivity contribution in [3.63, 3.8) is 0 Å². The molecule has 0 amide bonds. The van der Waals surface area contributed by atoms with E-state index in [4.69, 9.17) is 4.74 Å². The van der Waals surface area contributed by atoms with Crippen molar-refractivity contribution in [1.29, 1.82) is 0 Å². The number of aliphatic hydroxyl groups excluding tert-OH is 2. The quantitative estimate of drug-likeness (QED) is 0.780. The Balaban J connectivity index is 1.59. The van der Waals surface area contributed by atoms with Crippen LogP contribution in [0.3, 0.4) is 0 Å². The van der Waals surface area contributed by atoms with Gasteiger partial charge in [0, 0.05) is 17.6 Å². The van der Waals surface area contributed by atoms with Gasteiger partial charge in [0.05, 0.1) is 24.9 Å². The Bertz CT molecular complexity index is 511. The van der Waals surface area contributed by atoms with E-state index in [-0.39, 0.29) is 28.7 Å². The molecular formula is C22H41NO3. The Morgan fingerprint density at radius 3 is 2.08 bits per heavy atom. The van der Waals surface area contributed by atoms with Crippen LogP contribution in [-0.2, 0) is 4.74 Å². The fraction of sp³-hybridized carbons (Fsp3) is 1.00. The predicted octanol–water partition coefficient (Wildman–Crippen LogP) is 3.59. The van der Waals surface area contributed by atoms with Crippen LogP contribution in [0.5, 0.6) is 0 Å². The van der Waals surface area contributed by atoms with Gasteiger partial charge < -0.3 is 14.9 Å². The number of ether oxygens (including phenoxy) is 1. The monoisotopic (exact) mass is 367 g/mol. The molecule has 26 heavy (non-hydrogen) atoms. The highest BCUT2D eigenvalue weighted by molar-refractivity contribution is 5.11. The van der Waals surface area contributed by atoms with Crippen LogP contribution in [-0.4, -0.2) is 57.7 Å². The molecule has 2 bridgehead atoms. The normalized spacial score (nSPS) is 40.0. The van der Waals surface area contributed by atoms with E-state index >= 15 is 0 Å². The van der Waals surface area contributed by atoms with Crippen LogP contribution in [0.4, 0.5) is 0 Å². The number of β-amino-alcohol motifs (C(OH)–C–C–N with tert-alkyl or cyclic N) is 1. The number of piperidine rings is 1. The maximum absolute atomic E-state index is 10.7. The summed E-state index contributed by atoms with van der Waals surface area (Å²) in [5.74, 6) is 0.760. The third kappa shape index (κ3) is 3.25. The van der Waals surface area contributed by atoms with Crippen LogP contribution < -0.4 is 0 Å². The van der Waals surface area contributed by atoms with Gasteiger partial charge in [0.1, 0.15) is 0 Å². The van der Waals surface area contributed by atoms with Gasteiger partial charge in [-0.3, -0.25) is 4.90 Å². The first-order chi connectivity index (χ1) is 11.8. The van der Waals surface area contributed by atoms with Gasteiger partial charge in [0.2, 0.25) is 0 Å². The van der Waals surface area contributed by atoms with Gasteiger partial charge >= 0.3 is 0 Å². The molecule has 2 saturated carbocycles. The Labute approximate surface area is 160 Å². The van der Waals surface area contributed by atoms with E-state index in [2.05, 4.69) is 53.4 Å². The Morgan fingerprint density at radius 1 is 1.04 bits per heavy atom. The molecule has 3 aliphatic rings. The molecule has 0 spiro atoms. The molecule has 1 saturated heterocycles. The first kappa shape index (κ1) is 20.6. The topological polar surface area (TPSA) is 52.9 Å². The molecule has 3 fully saturated rings. The van der Waals surface area contributed by atoms with Crippen LogP contribution in [0.1, 0.15) is 80.6 Å². The Morgan fingerprint density at radius 2 is 1.62 bits per heavy atom. The van der Waals surface area contributed by atoms with Crippen molar-refractivity contribution in [2.75, 3.05) is 13.2 Å². The third-order valence-corrected chi connectivity index (χ3v) is 8.53. The van der Waals surface area contributed by atoms with Gasteiger partial charge in [-0.2, -0.15) is 0 Å². The molecule has 0 unspecified atom stereocenters. The number of rotatable bonds is 5. The van der Waals surface area contributed by atoms with Gasteiger partial charge in [-0.15, -0.1) is 0 Å². The van der Waals surface area contributed by atoms with E-state index in [1.165, 1.54) is 12.8 Å². The number of hydrogen-bond donors (Lipinski definition) is 2. The SMILES string of the molecule is CC1(C)CC(O)CC(C)(C)N1C[C@@H](O)CO[C@H]1C[C@H]2CC[C@@]1(C)C2(C)C. The maximum atomic E-state index is 10.7. The molecule has 4 atom stereocenters. The summed E-state index contributed by atoms with van der Waals surface area (Å²) in [5, 5.41) is 21.0. The van der Waals surface area contributed by atoms with Crippen molar-refractivity contribution in [2.24, 2.45) is 16.7 Å². The second-order valence-electron chi connectivity index (χ2n) is 11.4. The van der Waals surface area contributed by atoms with E-state index in [1.807, 2.05) is 0 Å². The van der Waals surface area contributed by atoms with Crippen molar-refractivity contribution in [2.45, 2.75) is 110 Å². The minimum atomic E-state index is -0.491. The second kappa shape index (κ2) is 6.43. The smallest absolute Gasteiger partial charge is 0.0900 e. The average molecular weight is 368 g/mol. The molecule has 0 aromatic heterocycles. The largest absolute Gasteiger partial charge is 0.393 e. The summed E-state index contributed by atoms with van der Waals surface area (Å²) < 4.78 is 6.31. The van der Waals surface area contributed by atoms with Crippen LogP contribution in [0.25, 0.3) is 0 Å². The summed E-state index contributed by atoms with van der Waals surface area (Å²) >= 11 is 0. The molecule has 4 nitrogen and oxygen atoms in total. The number of likely N-dealkylation sites (tertiary alicyclic amines) is 1. The molecule has 2 N–H and O–H groups in total. The lowest BCUT2D eigenvalue weighted by molar-refractivity contribution is -0.119. The maximum Gasteiger partial charge on any atom is 0.0900 e. The van der Waals surface area contributed by atoms with Gasteiger partial charge in [0.15, 0.2) is 0 Å². The van der Waals surface area contributed by atoms with E-state index < -0.39 is 6.10 Å². The molecule has 1 heterocycles. The fourth-order valence-corrected chi connectivity index (χ4v) is 6.63. The van der Waals surface area contributed by atoms with Crippen LogP contribution in [0.2, 0.25) is 0 Å². The van der Waals surface area contributed by atoms with Crippen molar-refractivity contribution in [1.82, 2.24) is 4.90 Å².